The Balaban J connectivity index is 2.66. The lowest BCUT2D eigenvalue weighted by molar-refractivity contribution is -0.144. The minimum Gasteiger partial charge on any atom is -0.493 e. The first-order valence-electron chi connectivity index (χ1n) is 5.29. The summed E-state index contributed by atoms with van der Waals surface area (Å²) in [6.45, 7) is -3.13. The van der Waals surface area contributed by atoms with E-state index in [2.05, 4.69) is 14.7 Å². The van der Waals surface area contributed by atoms with Crippen LogP contribution in [0.15, 0.2) is 12.1 Å². The third kappa shape index (κ3) is 3.23. The van der Waals surface area contributed by atoms with Gasteiger partial charge in [0.2, 0.25) is 5.82 Å². The van der Waals surface area contributed by atoms with Crippen molar-refractivity contribution in [2.45, 2.75) is 12.8 Å². The topological polar surface area (TPSA) is 44.2 Å². The lowest BCUT2D eigenvalue weighted by Crippen LogP contribution is -2.11. The van der Waals surface area contributed by atoms with E-state index in [4.69, 9.17) is 16.3 Å². The summed E-state index contributed by atoms with van der Waals surface area (Å²) in [6, 6.07) is 2.00. The Hall–Kier alpha value is -1.90. The molecule has 0 bridgehead atoms. The summed E-state index contributed by atoms with van der Waals surface area (Å²) in [6.07, 6.45) is -4.79. The molecule has 0 atom stereocenters. The van der Waals surface area contributed by atoms with Crippen molar-refractivity contribution >= 4 is 22.5 Å². The molecule has 0 amide bonds. The van der Waals surface area contributed by atoms with Crippen molar-refractivity contribution in [3.8, 4) is 11.5 Å². The molecule has 1 aromatic heterocycles. The van der Waals surface area contributed by atoms with Gasteiger partial charge in [-0.3, -0.25) is 0 Å². The molecule has 0 saturated heterocycles. The molecule has 0 aliphatic carbocycles. The minimum absolute atomic E-state index is 0.0684. The molecule has 2 aromatic rings. The summed E-state index contributed by atoms with van der Waals surface area (Å²) >= 11 is 5.64. The third-order valence-electron chi connectivity index (χ3n) is 2.40. The van der Waals surface area contributed by atoms with Gasteiger partial charge in [-0.05, 0) is 6.07 Å². The largest absolute Gasteiger partial charge is 0.493 e. The van der Waals surface area contributed by atoms with Gasteiger partial charge in [0.1, 0.15) is 5.15 Å². The van der Waals surface area contributed by atoms with Crippen molar-refractivity contribution in [3.63, 3.8) is 0 Å². The van der Waals surface area contributed by atoms with Crippen molar-refractivity contribution in [3.05, 3.63) is 23.1 Å². The highest BCUT2D eigenvalue weighted by Crippen LogP contribution is 2.36. The average Bonchev–Trinajstić information content (AvgIpc) is 2.36. The van der Waals surface area contributed by atoms with Crippen LogP contribution in [0.2, 0.25) is 5.15 Å². The van der Waals surface area contributed by atoms with E-state index in [1.165, 1.54) is 0 Å². The predicted molar refractivity (Wildman–Crippen MR) is 62.7 cm³/mol. The zero-order valence-corrected chi connectivity index (χ0v) is 11.0. The zero-order valence-electron chi connectivity index (χ0n) is 10.2. The highest BCUT2D eigenvalue weighted by molar-refractivity contribution is 6.34. The highest BCUT2D eigenvalue weighted by Gasteiger charge is 2.35. The van der Waals surface area contributed by atoms with Crippen LogP contribution in [0.3, 0.4) is 0 Å². The monoisotopic (exact) mass is 328 g/mol. The Morgan fingerprint density at radius 1 is 1.14 bits per heavy atom. The second-order valence-electron chi connectivity index (χ2n) is 3.73. The van der Waals surface area contributed by atoms with Crippen LogP contribution in [0, 0.1) is 0 Å². The van der Waals surface area contributed by atoms with E-state index in [1.807, 2.05) is 0 Å². The van der Waals surface area contributed by atoms with Gasteiger partial charge in [-0.1, -0.05) is 11.6 Å². The standard InChI is InChI=1S/C11H6ClF5N2O2/c1-20-6-3-5-4(2-7(6)21-10(13)14)8(12)19-9(18-5)11(15,16)17/h2-3,10H,1H3. The van der Waals surface area contributed by atoms with Gasteiger partial charge in [0.05, 0.1) is 12.6 Å². The van der Waals surface area contributed by atoms with Crippen LogP contribution in [0.25, 0.3) is 10.9 Å². The summed E-state index contributed by atoms with van der Waals surface area (Å²) in [5.41, 5.74) is -0.208. The molecule has 10 heteroatoms. The second kappa shape index (κ2) is 5.47. The molecule has 2 rings (SSSR count). The Morgan fingerprint density at radius 2 is 1.81 bits per heavy atom. The maximum absolute atomic E-state index is 12.6. The molecule has 0 spiro atoms. The molecule has 0 aliphatic rings. The van der Waals surface area contributed by atoms with Crippen LogP contribution in [-0.4, -0.2) is 23.7 Å². The van der Waals surface area contributed by atoms with Gasteiger partial charge in [0.25, 0.3) is 0 Å². The fraction of sp³-hybridized carbons (Fsp3) is 0.273. The van der Waals surface area contributed by atoms with Crippen molar-refractivity contribution in [1.82, 2.24) is 9.97 Å². The Bertz CT molecular complexity index is 678. The van der Waals surface area contributed by atoms with Crippen molar-refractivity contribution in [1.29, 1.82) is 0 Å². The molecule has 0 radical (unpaired) electrons. The maximum Gasteiger partial charge on any atom is 0.451 e. The number of ether oxygens (including phenoxy) is 2. The van der Waals surface area contributed by atoms with Crippen molar-refractivity contribution in [2.24, 2.45) is 0 Å². The summed E-state index contributed by atoms with van der Waals surface area (Å²) < 4.78 is 71.3. The van der Waals surface area contributed by atoms with E-state index in [0.29, 0.717) is 0 Å². The molecule has 21 heavy (non-hydrogen) atoms. The number of hydrogen-bond donors (Lipinski definition) is 0. The second-order valence-corrected chi connectivity index (χ2v) is 4.09. The number of nitrogens with zero attached hydrogens (tertiary/aromatic N) is 2. The molecule has 0 unspecified atom stereocenters. The van der Waals surface area contributed by atoms with E-state index >= 15 is 0 Å². The molecule has 0 aliphatic heterocycles. The van der Waals surface area contributed by atoms with Crippen LogP contribution in [0.5, 0.6) is 11.5 Å². The van der Waals surface area contributed by atoms with Gasteiger partial charge < -0.3 is 9.47 Å². The van der Waals surface area contributed by atoms with Gasteiger partial charge in [-0.25, -0.2) is 9.97 Å². The zero-order chi connectivity index (χ0) is 15.8. The predicted octanol–water partition coefficient (Wildman–Crippen LogP) is 3.91. The summed E-state index contributed by atoms with van der Waals surface area (Å²) in [5, 5.41) is -0.602. The fourth-order valence-corrected chi connectivity index (χ4v) is 1.81. The molecule has 0 N–H and O–H groups in total. The van der Waals surface area contributed by atoms with Crippen LogP contribution >= 0.6 is 11.6 Å². The van der Waals surface area contributed by atoms with Crippen LogP contribution in [0.1, 0.15) is 5.82 Å². The molecule has 4 nitrogen and oxygen atoms in total. The molecule has 0 fully saturated rings. The summed E-state index contributed by atoms with van der Waals surface area (Å²) in [7, 11) is 1.15. The normalized spacial score (nSPS) is 12.0. The van der Waals surface area contributed by atoms with Gasteiger partial charge in [-0.15, -0.1) is 0 Å². The number of alkyl halides is 5. The number of halogens is 6. The van der Waals surface area contributed by atoms with Crippen LogP contribution in [-0.2, 0) is 6.18 Å². The molecular formula is C11H6ClF5N2O2. The van der Waals surface area contributed by atoms with Gasteiger partial charge in [0, 0.05) is 11.5 Å². The molecule has 0 saturated carbocycles. The number of hydrogen-bond acceptors (Lipinski definition) is 4. The molecule has 1 heterocycles. The average molecular weight is 329 g/mol. The van der Waals surface area contributed by atoms with E-state index < -0.39 is 23.8 Å². The quantitative estimate of drug-likeness (QED) is 0.633. The first-order chi connectivity index (χ1) is 9.72. The number of aromatic nitrogens is 2. The molecule has 114 valence electrons. The number of benzene rings is 1. The van der Waals surface area contributed by atoms with Gasteiger partial charge in [-0.2, -0.15) is 22.0 Å². The molecular weight excluding hydrogens is 323 g/mol. The third-order valence-corrected chi connectivity index (χ3v) is 2.69. The SMILES string of the molecule is COc1cc2nc(C(F)(F)F)nc(Cl)c2cc1OC(F)F. The first-order valence-corrected chi connectivity index (χ1v) is 5.67. The van der Waals surface area contributed by atoms with E-state index in [-0.39, 0.29) is 22.4 Å². The lowest BCUT2D eigenvalue weighted by Gasteiger charge is -2.12. The Morgan fingerprint density at radius 3 is 2.33 bits per heavy atom. The van der Waals surface area contributed by atoms with Crippen LogP contribution in [0.4, 0.5) is 22.0 Å². The first kappa shape index (κ1) is 15.5. The van der Waals surface area contributed by atoms with Crippen molar-refractivity contribution < 1.29 is 31.4 Å². The van der Waals surface area contributed by atoms with E-state index in [1.54, 1.807) is 0 Å². The maximum atomic E-state index is 12.6. The van der Waals surface area contributed by atoms with Gasteiger partial charge in [0.15, 0.2) is 11.5 Å². The highest BCUT2D eigenvalue weighted by atomic mass is 35.5. The number of rotatable bonds is 3. The van der Waals surface area contributed by atoms with Gasteiger partial charge >= 0.3 is 12.8 Å². The minimum atomic E-state index is -4.79. The molecule has 1 aromatic carbocycles. The fourth-order valence-electron chi connectivity index (χ4n) is 1.57. The number of fused-ring (bicyclic) bond motifs is 1. The van der Waals surface area contributed by atoms with Crippen LogP contribution < -0.4 is 9.47 Å². The summed E-state index contributed by atoms with van der Waals surface area (Å²) in [5.74, 6) is -2.03. The Labute approximate surface area is 119 Å². The number of methoxy groups -OCH3 is 1. The van der Waals surface area contributed by atoms with E-state index in [0.717, 1.165) is 19.2 Å². The van der Waals surface area contributed by atoms with Crippen molar-refractivity contribution in [2.75, 3.05) is 7.11 Å². The summed E-state index contributed by atoms with van der Waals surface area (Å²) in [4.78, 5) is 6.39. The van der Waals surface area contributed by atoms with E-state index in [9.17, 15) is 22.0 Å². The lowest BCUT2D eigenvalue weighted by atomic mass is 10.2. The smallest absolute Gasteiger partial charge is 0.451 e. The Kier molecular flexibility index (Phi) is 4.04.